The minimum absolute atomic E-state index is 0.0372. The van der Waals surface area contributed by atoms with Crippen molar-refractivity contribution in [2.24, 2.45) is 0 Å². The van der Waals surface area contributed by atoms with Crippen molar-refractivity contribution in [1.29, 1.82) is 0 Å². The summed E-state index contributed by atoms with van der Waals surface area (Å²) in [6, 6.07) is 0. The van der Waals surface area contributed by atoms with Gasteiger partial charge in [0.25, 0.3) is 0 Å². The normalized spacial score (nSPS) is 44.6. The number of hydrogen-bond donors (Lipinski definition) is 0. The first-order chi connectivity index (χ1) is 5.20. The number of hydrogen-bond acceptors (Lipinski definition) is 2. The average Bonchev–Trinajstić information content (AvgIpc) is 2.28. The molecule has 2 nitrogen and oxygen atoms in total. The average molecular weight is 174 g/mol. The van der Waals surface area contributed by atoms with Crippen LogP contribution in [0.15, 0.2) is 0 Å². The van der Waals surface area contributed by atoms with Gasteiger partial charge in [-0.3, -0.25) is 0 Å². The van der Waals surface area contributed by atoms with Crippen molar-refractivity contribution in [2.45, 2.75) is 36.9 Å². The highest BCUT2D eigenvalue weighted by atomic mass is 35.5. The molecular weight excluding hydrogens is 162 g/mol. The Balaban J connectivity index is 2.57. The Morgan fingerprint density at radius 3 is 2.64 bits per heavy atom. The number of rotatable bonds is 2. The maximum Gasteiger partial charge on any atom is 0.101 e. The zero-order valence-corrected chi connectivity index (χ0v) is 7.54. The van der Waals surface area contributed by atoms with Crippen LogP contribution in [0.25, 0.3) is 0 Å². The lowest BCUT2D eigenvalue weighted by Crippen LogP contribution is -2.29. The molecule has 0 aromatic heterocycles. The van der Waals surface area contributed by atoms with E-state index in [9.17, 15) is 0 Å². The first-order valence-electron chi connectivity index (χ1n) is 3.73. The van der Waals surface area contributed by atoms with Gasteiger partial charge < -0.3 is 9.47 Å². The lowest BCUT2D eigenvalue weighted by molar-refractivity contribution is 0.0108. The Bertz CT molecular complexity index is 134. The highest BCUT2D eigenvalue weighted by molar-refractivity contribution is 6.21. The molecule has 4 atom stereocenters. The summed E-state index contributed by atoms with van der Waals surface area (Å²) in [6.45, 7) is 1.93. The molecule has 1 fully saturated rings. The third kappa shape index (κ3) is 1.71. The molecule has 1 aliphatic heterocycles. The molecule has 0 amide bonds. The van der Waals surface area contributed by atoms with E-state index in [1.165, 1.54) is 0 Å². The fourth-order valence-electron chi connectivity index (χ4n) is 1.37. The van der Waals surface area contributed by atoms with Crippen LogP contribution in [-0.4, -0.2) is 38.6 Å². The second-order valence-corrected chi connectivity index (χ2v) is 3.26. The minimum atomic E-state index is -0.0754. The Hall–Kier alpha value is 0.275. The second-order valence-electron chi connectivity index (χ2n) is 2.76. The SMILES string of the molecule is [B]C[C@H]1O[C@@H](C)[C@@H](Cl)[C@@H]1OC. The molecule has 0 aliphatic carbocycles. The Kier molecular flexibility index (Phi) is 3.22. The van der Waals surface area contributed by atoms with Crippen molar-refractivity contribution in [3.63, 3.8) is 0 Å². The van der Waals surface area contributed by atoms with Crippen molar-refractivity contribution < 1.29 is 9.47 Å². The molecule has 1 aliphatic rings. The van der Waals surface area contributed by atoms with E-state index in [0.29, 0.717) is 6.32 Å². The fourth-order valence-corrected chi connectivity index (χ4v) is 1.70. The molecular formula is C7H12BClO2. The zero-order valence-electron chi connectivity index (χ0n) is 6.79. The molecule has 62 valence electrons. The molecule has 0 saturated carbocycles. The van der Waals surface area contributed by atoms with Gasteiger partial charge in [-0.1, -0.05) is 6.32 Å². The molecule has 11 heavy (non-hydrogen) atoms. The van der Waals surface area contributed by atoms with Crippen molar-refractivity contribution in [2.75, 3.05) is 7.11 Å². The van der Waals surface area contributed by atoms with E-state index < -0.39 is 0 Å². The van der Waals surface area contributed by atoms with Crippen molar-refractivity contribution in [3.05, 3.63) is 0 Å². The molecule has 0 unspecified atom stereocenters. The fraction of sp³-hybridized carbons (Fsp3) is 1.00. The molecule has 0 bridgehead atoms. The molecule has 2 radical (unpaired) electrons. The Morgan fingerprint density at radius 2 is 2.27 bits per heavy atom. The first kappa shape index (κ1) is 9.36. The van der Waals surface area contributed by atoms with Crippen LogP contribution in [-0.2, 0) is 9.47 Å². The van der Waals surface area contributed by atoms with Gasteiger partial charge in [0, 0.05) is 7.11 Å². The third-order valence-electron chi connectivity index (χ3n) is 2.02. The minimum Gasteiger partial charge on any atom is -0.377 e. The van der Waals surface area contributed by atoms with Crippen molar-refractivity contribution in [1.82, 2.24) is 0 Å². The largest absolute Gasteiger partial charge is 0.377 e. The maximum absolute atomic E-state index is 6.00. The Morgan fingerprint density at radius 1 is 1.64 bits per heavy atom. The van der Waals surface area contributed by atoms with Gasteiger partial charge in [0.2, 0.25) is 0 Å². The van der Waals surface area contributed by atoms with E-state index in [1.807, 2.05) is 6.92 Å². The summed E-state index contributed by atoms with van der Waals surface area (Å²) in [6.07, 6.45) is 0.399. The topological polar surface area (TPSA) is 18.5 Å². The van der Waals surface area contributed by atoms with Gasteiger partial charge in [0.15, 0.2) is 0 Å². The number of alkyl halides is 1. The number of halogens is 1. The molecule has 1 rings (SSSR count). The van der Waals surface area contributed by atoms with Gasteiger partial charge >= 0.3 is 0 Å². The predicted molar refractivity (Wildman–Crippen MR) is 45.3 cm³/mol. The summed E-state index contributed by atoms with van der Waals surface area (Å²) >= 11 is 6.00. The third-order valence-corrected chi connectivity index (χ3v) is 2.63. The lowest BCUT2D eigenvalue weighted by atomic mass is 9.95. The predicted octanol–water partition coefficient (Wildman–Crippen LogP) is 0.983. The van der Waals surface area contributed by atoms with Gasteiger partial charge in [-0.15, -0.1) is 11.6 Å². The van der Waals surface area contributed by atoms with Crippen LogP contribution >= 0.6 is 11.6 Å². The van der Waals surface area contributed by atoms with Gasteiger partial charge in [0.1, 0.15) is 6.10 Å². The van der Waals surface area contributed by atoms with Crippen molar-refractivity contribution in [3.8, 4) is 0 Å². The van der Waals surface area contributed by atoms with Crippen molar-refractivity contribution >= 4 is 19.4 Å². The smallest absolute Gasteiger partial charge is 0.101 e. The van der Waals surface area contributed by atoms with E-state index >= 15 is 0 Å². The maximum atomic E-state index is 6.00. The van der Waals surface area contributed by atoms with Gasteiger partial charge in [-0.2, -0.15) is 0 Å². The highest BCUT2D eigenvalue weighted by Gasteiger charge is 2.40. The van der Waals surface area contributed by atoms with E-state index in [-0.39, 0.29) is 23.7 Å². The monoisotopic (exact) mass is 174 g/mol. The number of ether oxygens (including phenoxy) is 2. The summed E-state index contributed by atoms with van der Waals surface area (Å²) in [5, 5.41) is -0.0754. The summed E-state index contributed by atoms with van der Waals surface area (Å²) in [5.41, 5.74) is 0. The van der Waals surface area contributed by atoms with E-state index in [4.69, 9.17) is 28.9 Å². The quantitative estimate of drug-likeness (QED) is 0.459. The number of methoxy groups -OCH3 is 1. The summed E-state index contributed by atoms with van der Waals surface area (Å²) < 4.78 is 10.6. The molecule has 0 aromatic rings. The molecule has 4 heteroatoms. The zero-order chi connectivity index (χ0) is 8.43. The summed E-state index contributed by atoms with van der Waals surface area (Å²) in [4.78, 5) is 0. The van der Waals surface area contributed by atoms with Gasteiger partial charge in [-0.05, 0) is 6.92 Å². The van der Waals surface area contributed by atoms with Crippen LogP contribution in [0.5, 0.6) is 0 Å². The lowest BCUT2D eigenvalue weighted by Gasteiger charge is -2.16. The Labute approximate surface area is 73.6 Å². The highest BCUT2D eigenvalue weighted by Crippen LogP contribution is 2.28. The second kappa shape index (κ2) is 3.79. The molecule has 1 heterocycles. The van der Waals surface area contributed by atoms with Crippen LogP contribution in [0.4, 0.5) is 0 Å². The van der Waals surface area contributed by atoms with E-state index in [2.05, 4.69) is 0 Å². The summed E-state index contributed by atoms with van der Waals surface area (Å²) in [7, 11) is 7.09. The van der Waals surface area contributed by atoms with E-state index in [0.717, 1.165) is 0 Å². The van der Waals surface area contributed by atoms with Crippen LogP contribution < -0.4 is 0 Å². The molecule has 0 aromatic carbocycles. The van der Waals surface area contributed by atoms with Gasteiger partial charge in [0.05, 0.1) is 25.4 Å². The van der Waals surface area contributed by atoms with Crippen LogP contribution in [0.2, 0.25) is 6.32 Å². The first-order valence-corrected chi connectivity index (χ1v) is 4.16. The molecule has 1 saturated heterocycles. The standard InChI is InChI=1S/C7H12BClO2/c1-4-6(9)7(10-2)5(3-8)11-4/h4-7H,3H2,1-2H3/t4-,5+,6+,7+/m0/s1. The molecule has 0 N–H and O–H groups in total. The van der Waals surface area contributed by atoms with E-state index in [1.54, 1.807) is 7.11 Å². The molecule has 0 spiro atoms. The van der Waals surface area contributed by atoms with Crippen LogP contribution in [0.3, 0.4) is 0 Å². The van der Waals surface area contributed by atoms with Crippen LogP contribution in [0, 0.1) is 0 Å². The van der Waals surface area contributed by atoms with Gasteiger partial charge in [-0.25, -0.2) is 0 Å². The van der Waals surface area contributed by atoms with Crippen LogP contribution in [0.1, 0.15) is 6.92 Å². The summed E-state index contributed by atoms with van der Waals surface area (Å²) in [5.74, 6) is 0.